The molecule has 1 aliphatic carbocycles. The molecule has 1 heterocycles. The van der Waals surface area contributed by atoms with E-state index in [2.05, 4.69) is 5.32 Å². The molecule has 0 aromatic carbocycles. The lowest BCUT2D eigenvalue weighted by molar-refractivity contribution is -0.123. The number of halogens is 1. The monoisotopic (exact) mass is 304 g/mol. The molecule has 0 bridgehead atoms. The van der Waals surface area contributed by atoms with E-state index in [1.807, 2.05) is 0 Å². The van der Waals surface area contributed by atoms with E-state index in [-0.39, 0.29) is 24.4 Å². The summed E-state index contributed by atoms with van der Waals surface area (Å²) in [6, 6.07) is 0.188. The van der Waals surface area contributed by atoms with Crippen molar-refractivity contribution >= 4 is 18.3 Å². The van der Waals surface area contributed by atoms with Crippen molar-refractivity contribution in [3.63, 3.8) is 0 Å². The summed E-state index contributed by atoms with van der Waals surface area (Å²) in [5.74, 6) is 1.28. The molecule has 4 nitrogen and oxygen atoms in total. The minimum Gasteiger partial charge on any atom is -0.381 e. The van der Waals surface area contributed by atoms with Gasteiger partial charge in [0.25, 0.3) is 0 Å². The van der Waals surface area contributed by atoms with Crippen molar-refractivity contribution in [2.75, 3.05) is 19.8 Å². The van der Waals surface area contributed by atoms with E-state index in [0.717, 1.165) is 26.1 Å². The van der Waals surface area contributed by atoms with Gasteiger partial charge in [0, 0.05) is 32.2 Å². The van der Waals surface area contributed by atoms with Gasteiger partial charge in [-0.3, -0.25) is 4.79 Å². The van der Waals surface area contributed by atoms with Gasteiger partial charge in [-0.2, -0.15) is 0 Å². The number of rotatable bonds is 5. The quantitative estimate of drug-likeness (QED) is 0.819. The first-order chi connectivity index (χ1) is 9.29. The fourth-order valence-electron chi connectivity index (χ4n) is 3.38. The van der Waals surface area contributed by atoms with E-state index in [0.29, 0.717) is 24.8 Å². The number of hydrogen-bond donors (Lipinski definition) is 2. The van der Waals surface area contributed by atoms with Crippen molar-refractivity contribution in [3.8, 4) is 0 Å². The molecule has 1 unspecified atom stereocenters. The van der Waals surface area contributed by atoms with Crippen LogP contribution in [0.25, 0.3) is 0 Å². The van der Waals surface area contributed by atoms with Crippen LogP contribution < -0.4 is 11.1 Å². The summed E-state index contributed by atoms with van der Waals surface area (Å²) < 4.78 is 5.33. The zero-order valence-electron chi connectivity index (χ0n) is 12.3. The number of amides is 1. The molecular formula is C15H29ClN2O2. The smallest absolute Gasteiger partial charge is 0.220 e. The Hall–Kier alpha value is -0.320. The average Bonchev–Trinajstić information content (AvgIpc) is 2.47. The van der Waals surface area contributed by atoms with Crippen molar-refractivity contribution in [3.05, 3.63) is 0 Å². The largest absolute Gasteiger partial charge is 0.381 e. The Balaban J connectivity index is 0.00000200. The van der Waals surface area contributed by atoms with Crippen LogP contribution in [0.4, 0.5) is 0 Å². The lowest BCUT2D eigenvalue weighted by Gasteiger charge is -2.31. The lowest BCUT2D eigenvalue weighted by atomic mass is 9.83. The first kappa shape index (κ1) is 17.7. The van der Waals surface area contributed by atoms with Gasteiger partial charge in [0.2, 0.25) is 5.91 Å². The fourth-order valence-corrected chi connectivity index (χ4v) is 3.38. The first-order valence-corrected chi connectivity index (χ1v) is 7.86. The van der Waals surface area contributed by atoms with Gasteiger partial charge in [0.1, 0.15) is 0 Å². The number of nitrogens with one attached hydrogen (secondary N) is 1. The molecular weight excluding hydrogens is 276 g/mol. The molecule has 0 radical (unpaired) electrons. The minimum atomic E-state index is 0. The number of carbonyl (C=O) groups is 1. The highest BCUT2D eigenvalue weighted by atomic mass is 35.5. The zero-order chi connectivity index (χ0) is 13.5. The van der Waals surface area contributed by atoms with Gasteiger partial charge >= 0.3 is 0 Å². The van der Waals surface area contributed by atoms with Crippen LogP contribution in [0.15, 0.2) is 0 Å². The summed E-state index contributed by atoms with van der Waals surface area (Å²) in [7, 11) is 0. The molecule has 1 saturated carbocycles. The van der Waals surface area contributed by atoms with E-state index in [9.17, 15) is 4.79 Å². The van der Waals surface area contributed by atoms with Crippen molar-refractivity contribution in [1.29, 1.82) is 0 Å². The minimum absolute atomic E-state index is 0. The van der Waals surface area contributed by atoms with Crippen LogP contribution in [0.2, 0.25) is 0 Å². The van der Waals surface area contributed by atoms with E-state index < -0.39 is 0 Å². The van der Waals surface area contributed by atoms with Crippen LogP contribution in [0, 0.1) is 11.8 Å². The zero-order valence-corrected chi connectivity index (χ0v) is 13.1. The van der Waals surface area contributed by atoms with E-state index >= 15 is 0 Å². The summed E-state index contributed by atoms with van der Waals surface area (Å²) in [4.78, 5) is 12.1. The topological polar surface area (TPSA) is 64.3 Å². The number of nitrogens with two attached hydrogens (primary N) is 1. The Morgan fingerprint density at radius 1 is 1.15 bits per heavy atom. The highest BCUT2D eigenvalue weighted by Crippen LogP contribution is 2.26. The van der Waals surface area contributed by atoms with Gasteiger partial charge in [0.05, 0.1) is 0 Å². The summed E-state index contributed by atoms with van der Waals surface area (Å²) >= 11 is 0. The van der Waals surface area contributed by atoms with Gasteiger partial charge in [-0.25, -0.2) is 0 Å². The van der Waals surface area contributed by atoms with Gasteiger partial charge in [-0.1, -0.05) is 19.3 Å². The summed E-state index contributed by atoms with van der Waals surface area (Å²) in [5, 5.41) is 3.18. The number of ether oxygens (including phenoxy) is 1. The molecule has 1 aliphatic heterocycles. The second kappa shape index (κ2) is 9.59. The third-order valence-corrected chi connectivity index (χ3v) is 4.63. The predicted molar refractivity (Wildman–Crippen MR) is 83.0 cm³/mol. The Bertz CT molecular complexity index is 277. The molecule has 0 aromatic rings. The normalized spacial score (nSPS) is 22.9. The van der Waals surface area contributed by atoms with Crippen molar-refractivity contribution < 1.29 is 9.53 Å². The van der Waals surface area contributed by atoms with Crippen molar-refractivity contribution in [1.82, 2.24) is 5.32 Å². The molecule has 2 rings (SSSR count). The van der Waals surface area contributed by atoms with Crippen molar-refractivity contribution in [2.45, 2.75) is 57.4 Å². The molecule has 2 aliphatic rings. The first-order valence-electron chi connectivity index (χ1n) is 7.86. The maximum Gasteiger partial charge on any atom is 0.220 e. The second-order valence-electron chi connectivity index (χ2n) is 6.07. The summed E-state index contributed by atoms with van der Waals surface area (Å²) in [6.07, 6.45) is 9.04. The second-order valence-corrected chi connectivity index (χ2v) is 6.07. The molecule has 1 saturated heterocycles. The predicted octanol–water partition coefficient (Wildman–Crippen LogP) is 2.25. The van der Waals surface area contributed by atoms with E-state index in [1.54, 1.807) is 0 Å². The summed E-state index contributed by atoms with van der Waals surface area (Å²) in [5.41, 5.74) is 5.85. The standard InChI is InChI=1S/C15H28N2O2.ClH/c16-11-14(13-4-2-1-3-5-13)17-15(18)10-12-6-8-19-9-7-12;/h12-14H,1-11,16H2,(H,17,18);1H. The van der Waals surface area contributed by atoms with Crippen LogP contribution in [0.1, 0.15) is 51.4 Å². The van der Waals surface area contributed by atoms with Gasteiger partial charge in [-0.05, 0) is 37.5 Å². The van der Waals surface area contributed by atoms with E-state index in [4.69, 9.17) is 10.5 Å². The molecule has 3 N–H and O–H groups in total. The Kier molecular flexibility index (Phi) is 8.50. The van der Waals surface area contributed by atoms with Crippen LogP contribution in [0.3, 0.4) is 0 Å². The highest BCUT2D eigenvalue weighted by molar-refractivity contribution is 5.85. The van der Waals surface area contributed by atoms with Gasteiger partial charge in [-0.15, -0.1) is 12.4 Å². The van der Waals surface area contributed by atoms with E-state index in [1.165, 1.54) is 32.1 Å². The Morgan fingerprint density at radius 2 is 1.80 bits per heavy atom. The molecule has 2 fully saturated rings. The Labute approximate surface area is 128 Å². The van der Waals surface area contributed by atoms with Gasteiger partial charge < -0.3 is 15.8 Å². The lowest BCUT2D eigenvalue weighted by Crippen LogP contribution is -2.46. The third-order valence-electron chi connectivity index (χ3n) is 4.63. The maximum atomic E-state index is 12.1. The highest BCUT2D eigenvalue weighted by Gasteiger charge is 2.25. The molecule has 118 valence electrons. The van der Waals surface area contributed by atoms with Crippen molar-refractivity contribution in [2.24, 2.45) is 17.6 Å². The number of carbonyl (C=O) groups excluding carboxylic acids is 1. The van der Waals surface area contributed by atoms with Crippen LogP contribution >= 0.6 is 12.4 Å². The average molecular weight is 305 g/mol. The molecule has 0 spiro atoms. The van der Waals surface area contributed by atoms with Crippen LogP contribution in [-0.4, -0.2) is 31.7 Å². The molecule has 5 heteroatoms. The molecule has 1 atom stereocenters. The number of hydrogen-bond acceptors (Lipinski definition) is 3. The maximum absolute atomic E-state index is 12.1. The van der Waals surface area contributed by atoms with Gasteiger partial charge in [0.15, 0.2) is 0 Å². The molecule has 20 heavy (non-hydrogen) atoms. The summed E-state index contributed by atoms with van der Waals surface area (Å²) in [6.45, 7) is 2.19. The fraction of sp³-hybridized carbons (Fsp3) is 0.933. The van der Waals surface area contributed by atoms with Crippen LogP contribution in [0.5, 0.6) is 0 Å². The molecule has 0 aromatic heterocycles. The molecule has 1 amide bonds. The Morgan fingerprint density at radius 3 is 2.40 bits per heavy atom. The SMILES string of the molecule is Cl.NCC(NC(=O)CC1CCOCC1)C1CCCCC1. The van der Waals surface area contributed by atoms with Crippen LogP contribution in [-0.2, 0) is 9.53 Å². The third kappa shape index (κ3) is 5.58.